The van der Waals surface area contributed by atoms with Gasteiger partial charge >= 0.3 is 5.97 Å². The number of rotatable bonds is 5. The van der Waals surface area contributed by atoms with Crippen molar-refractivity contribution in [1.29, 1.82) is 0 Å². The maximum Gasteiger partial charge on any atom is 0.335 e. The van der Waals surface area contributed by atoms with Crippen LogP contribution in [0.5, 0.6) is 0 Å². The van der Waals surface area contributed by atoms with E-state index in [1.54, 1.807) is 12.1 Å². The highest BCUT2D eigenvalue weighted by molar-refractivity contribution is 5.88. The molecule has 1 unspecified atom stereocenters. The normalized spacial score (nSPS) is 12.0. The van der Waals surface area contributed by atoms with Gasteiger partial charge in [0, 0.05) is 5.69 Å². The van der Waals surface area contributed by atoms with E-state index in [0.717, 1.165) is 5.69 Å². The second-order valence-electron chi connectivity index (χ2n) is 5.11. The number of carboxylic acids is 1. The lowest BCUT2D eigenvalue weighted by molar-refractivity contribution is 0.0696. The van der Waals surface area contributed by atoms with Gasteiger partial charge in [0.2, 0.25) is 0 Å². The summed E-state index contributed by atoms with van der Waals surface area (Å²) in [5, 5.41) is 12.5. The van der Waals surface area contributed by atoms with Crippen LogP contribution in [0, 0.1) is 6.92 Å². The quantitative estimate of drug-likeness (QED) is 0.876. The Morgan fingerprint density at radius 2 is 2.05 bits per heavy atom. The number of nitrogens with zero attached hydrogens (tertiary/aromatic N) is 1. The minimum absolute atomic E-state index is 0.0625. The van der Waals surface area contributed by atoms with Crippen LogP contribution in [-0.4, -0.2) is 16.1 Å². The highest BCUT2D eigenvalue weighted by atomic mass is 16.4. The Morgan fingerprint density at radius 1 is 1.33 bits per heavy atom. The summed E-state index contributed by atoms with van der Waals surface area (Å²) in [5.41, 5.74) is 3.41. The molecule has 1 aromatic heterocycles. The predicted octanol–water partition coefficient (Wildman–Crippen LogP) is 3.82. The Bertz CT molecular complexity index is 653. The summed E-state index contributed by atoms with van der Waals surface area (Å²) in [6, 6.07) is 11.4. The third-order valence-electron chi connectivity index (χ3n) is 3.51. The van der Waals surface area contributed by atoms with Crippen molar-refractivity contribution in [2.75, 3.05) is 5.32 Å². The van der Waals surface area contributed by atoms with E-state index in [4.69, 9.17) is 5.11 Å². The lowest BCUT2D eigenvalue weighted by Gasteiger charge is -2.18. The van der Waals surface area contributed by atoms with Gasteiger partial charge in [0.05, 0.1) is 11.6 Å². The molecule has 0 radical (unpaired) electrons. The van der Waals surface area contributed by atoms with Gasteiger partial charge < -0.3 is 10.4 Å². The first kappa shape index (κ1) is 15.0. The Morgan fingerprint density at radius 3 is 2.67 bits per heavy atom. The van der Waals surface area contributed by atoms with Crippen molar-refractivity contribution in [3.8, 4) is 0 Å². The second kappa shape index (κ2) is 6.39. The molecule has 0 aliphatic rings. The monoisotopic (exact) mass is 284 g/mol. The van der Waals surface area contributed by atoms with Gasteiger partial charge in [0.1, 0.15) is 5.82 Å². The van der Waals surface area contributed by atoms with Gasteiger partial charge in [0.15, 0.2) is 0 Å². The number of carboxylic acid groups (broad SMARTS) is 1. The summed E-state index contributed by atoms with van der Waals surface area (Å²) in [5.74, 6) is -0.332. The summed E-state index contributed by atoms with van der Waals surface area (Å²) in [6.07, 6.45) is 0.703. The van der Waals surface area contributed by atoms with Crippen LogP contribution in [0.25, 0.3) is 0 Å². The molecule has 1 aromatic carbocycles. The van der Waals surface area contributed by atoms with Gasteiger partial charge in [0.25, 0.3) is 0 Å². The highest BCUT2D eigenvalue weighted by Gasteiger charge is 2.12. The largest absolute Gasteiger partial charge is 0.478 e. The number of benzene rings is 1. The summed E-state index contributed by atoms with van der Waals surface area (Å²) in [4.78, 5) is 15.6. The van der Waals surface area contributed by atoms with Crippen molar-refractivity contribution in [2.45, 2.75) is 33.2 Å². The van der Waals surface area contributed by atoms with E-state index in [1.807, 2.05) is 26.0 Å². The van der Waals surface area contributed by atoms with E-state index in [2.05, 4.69) is 29.4 Å². The standard InChI is InChI=1S/C17H20N2O2/c1-4-14-9-13(17(20)21)10-16(19-14)18-12(3)15-8-6-5-7-11(15)2/h5-10,12H,4H2,1-3H3,(H,18,19)(H,20,21). The molecule has 0 spiro atoms. The van der Waals surface area contributed by atoms with Crippen LogP contribution in [0.4, 0.5) is 5.82 Å². The van der Waals surface area contributed by atoms with Gasteiger partial charge in [-0.15, -0.1) is 0 Å². The molecule has 21 heavy (non-hydrogen) atoms. The van der Waals surface area contributed by atoms with E-state index >= 15 is 0 Å². The molecule has 0 saturated carbocycles. The lowest BCUT2D eigenvalue weighted by Crippen LogP contribution is -2.11. The molecule has 0 aliphatic heterocycles. The SMILES string of the molecule is CCc1cc(C(=O)O)cc(NC(C)c2ccccc2C)n1. The first-order chi connectivity index (χ1) is 10.0. The highest BCUT2D eigenvalue weighted by Crippen LogP contribution is 2.22. The van der Waals surface area contributed by atoms with Crippen LogP contribution in [0.2, 0.25) is 0 Å². The molecule has 0 amide bonds. The predicted molar refractivity (Wildman–Crippen MR) is 83.8 cm³/mol. The summed E-state index contributed by atoms with van der Waals surface area (Å²) in [6.45, 7) is 6.07. The van der Waals surface area contributed by atoms with Gasteiger partial charge in [-0.3, -0.25) is 0 Å². The topological polar surface area (TPSA) is 62.2 Å². The lowest BCUT2D eigenvalue weighted by atomic mass is 10.0. The Balaban J connectivity index is 2.28. The number of carbonyl (C=O) groups is 1. The van der Waals surface area contributed by atoms with E-state index in [-0.39, 0.29) is 11.6 Å². The molecule has 2 rings (SSSR count). The van der Waals surface area contributed by atoms with Gasteiger partial charge in [-0.2, -0.15) is 0 Å². The average Bonchev–Trinajstić information content (AvgIpc) is 2.47. The summed E-state index contributed by atoms with van der Waals surface area (Å²) < 4.78 is 0. The number of hydrogen-bond acceptors (Lipinski definition) is 3. The number of pyridine rings is 1. The zero-order chi connectivity index (χ0) is 15.4. The van der Waals surface area contributed by atoms with E-state index < -0.39 is 5.97 Å². The van der Waals surface area contributed by atoms with Crippen LogP contribution in [-0.2, 0) is 6.42 Å². The van der Waals surface area contributed by atoms with Crippen molar-refractivity contribution in [3.63, 3.8) is 0 Å². The van der Waals surface area contributed by atoms with Gasteiger partial charge in [-0.25, -0.2) is 9.78 Å². The van der Waals surface area contributed by atoms with Crippen molar-refractivity contribution < 1.29 is 9.90 Å². The fourth-order valence-corrected chi connectivity index (χ4v) is 2.34. The van der Waals surface area contributed by atoms with Crippen LogP contribution in [0.3, 0.4) is 0 Å². The second-order valence-corrected chi connectivity index (χ2v) is 5.11. The van der Waals surface area contributed by atoms with Crippen molar-refractivity contribution >= 4 is 11.8 Å². The molecule has 0 saturated heterocycles. The molecule has 0 fully saturated rings. The zero-order valence-corrected chi connectivity index (χ0v) is 12.6. The van der Waals surface area contributed by atoms with Gasteiger partial charge in [-0.05, 0) is 43.5 Å². The molecule has 4 heteroatoms. The Hall–Kier alpha value is -2.36. The number of aryl methyl sites for hydroxylation is 2. The maximum atomic E-state index is 11.2. The van der Waals surface area contributed by atoms with Crippen LogP contribution >= 0.6 is 0 Å². The first-order valence-electron chi connectivity index (χ1n) is 7.07. The molecule has 2 aromatic rings. The van der Waals surface area contributed by atoms with Crippen LogP contribution in [0.15, 0.2) is 36.4 Å². The fourth-order valence-electron chi connectivity index (χ4n) is 2.34. The summed E-state index contributed by atoms with van der Waals surface area (Å²) in [7, 11) is 0. The Kier molecular flexibility index (Phi) is 4.58. The Labute approximate surface area is 124 Å². The van der Waals surface area contributed by atoms with Crippen LogP contribution in [0.1, 0.15) is 47.1 Å². The van der Waals surface area contributed by atoms with E-state index in [1.165, 1.54) is 11.1 Å². The molecule has 4 nitrogen and oxygen atoms in total. The van der Waals surface area contributed by atoms with Crippen molar-refractivity contribution in [1.82, 2.24) is 4.98 Å². The molecule has 2 N–H and O–H groups in total. The number of anilines is 1. The number of aromatic carboxylic acids is 1. The van der Waals surface area contributed by atoms with Crippen LogP contribution < -0.4 is 5.32 Å². The van der Waals surface area contributed by atoms with Crippen molar-refractivity contribution in [3.05, 3.63) is 58.8 Å². The summed E-state index contributed by atoms with van der Waals surface area (Å²) >= 11 is 0. The molecule has 0 bridgehead atoms. The molecular formula is C17H20N2O2. The first-order valence-corrected chi connectivity index (χ1v) is 7.07. The number of hydrogen-bond donors (Lipinski definition) is 2. The fraction of sp³-hybridized carbons (Fsp3) is 0.294. The minimum Gasteiger partial charge on any atom is -0.478 e. The molecule has 0 aliphatic carbocycles. The van der Waals surface area contributed by atoms with Crippen molar-refractivity contribution in [2.24, 2.45) is 0 Å². The van der Waals surface area contributed by atoms with E-state index in [0.29, 0.717) is 12.2 Å². The average molecular weight is 284 g/mol. The molecule has 1 atom stereocenters. The molecule has 1 heterocycles. The third kappa shape index (κ3) is 3.60. The van der Waals surface area contributed by atoms with Gasteiger partial charge in [-0.1, -0.05) is 31.2 Å². The molecule has 110 valence electrons. The maximum absolute atomic E-state index is 11.2. The number of nitrogens with one attached hydrogen (secondary N) is 1. The zero-order valence-electron chi connectivity index (χ0n) is 12.6. The van der Waals surface area contributed by atoms with E-state index in [9.17, 15) is 4.79 Å². The third-order valence-corrected chi connectivity index (χ3v) is 3.51. The molecular weight excluding hydrogens is 264 g/mol. The minimum atomic E-state index is -0.932. The number of aromatic nitrogens is 1. The smallest absolute Gasteiger partial charge is 0.335 e.